The Labute approximate surface area is 98.2 Å². The van der Waals surface area contributed by atoms with Crippen LogP contribution in [-0.2, 0) is 10.0 Å². The van der Waals surface area contributed by atoms with Crippen LogP contribution in [0.5, 0.6) is 0 Å². The first-order valence-corrected chi connectivity index (χ1v) is 7.79. The van der Waals surface area contributed by atoms with Crippen LogP contribution < -0.4 is 10.0 Å². The zero-order valence-electron chi connectivity index (χ0n) is 10.1. The lowest BCUT2D eigenvalue weighted by Gasteiger charge is -2.25. The quantitative estimate of drug-likeness (QED) is 0.700. The Morgan fingerprint density at radius 3 is 2.31 bits per heavy atom. The molecule has 0 amide bonds. The van der Waals surface area contributed by atoms with E-state index in [1.165, 1.54) is 12.8 Å². The molecule has 0 aromatic rings. The SMILES string of the molecule is CC(C)(NS(=O)(=O)CCNC1CC1)C1CC1. The van der Waals surface area contributed by atoms with Crippen molar-refractivity contribution in [2.24, 2.45) is 5.92 Å². The molecule has 0 aromatic carbocycles. The summed E-state index contributed by atoms with van der Waals surface area (Å²) in [4.78, 5) is 0. The molecule has 0 heterocycles. The second kappa shape index (κ2) is 4.27. The fraction of sp³-hybridized carbons (Fsp3) is 1.00. The molecule has 0 radical (unpaired) electrons. The second-order valence-corrected chi connectivity index (χ2v) is 7.49. The molecule has 0 spiro atoms. The standard InChI is InChI=1S/C11H22N2O2S/c1-11(2,9-3-4-9)13-16(14,15)8-7-12-10-5-6-10/h9-10,12-13H,3-8H2,1-2H3. The van der Waals surface area contributed by atoms with Crippen LogP contribution in [-0.4, -0.2) is 32.3 Å². The molecule has 2 fully saturated rings. The topological polar surface area (TPSA) is 58.2 Å². The van der Waals surface area contributed by atoms with Crippen LogP contribution in [0.1, 0.15) is 39.5 Å². The lowest BCUT2D eigenvalue weighted by molar-refractivity contribution is 0.400. The Morgan fingerprint density at radius 2 is 1.81 bits per heavy atom. The zero-order chi connectivity index (χ0) is 11.8. The molecule has 2 saturated carbocycles. The number of rotatable bonds is 7. The lowest BCUT2D eigenvalue weighted by Crippen LogP contribution is -2.47. The molecule has 2 rings (SSSR count). The van der Waals surface area contributed by atoms with E-state index in [0.717, 1.165) is 12.8 Å². The van der Waals surface area contributed by atoms with E-state index in [2.05, 4.69) is 10.0 Å². The van der Waals surface area contributed by atoms with Gasteiger partial charge in [-0.1, -0.05) is 0 Å². The maximum Gasteiger partial charge on any atom is 0.213 e. The van der Waals surface area contributed by atoms with Crippen LogP contribution in [0.25, 0.3) is 0 Å². The summed E-state index contributed by atoms with van der Waals surface area (Å²) in [7, 11) is -3.12. The molecule has 0 bridgehead atoms. The van der Waals surface area contributed by atoms with Gasteiger partial charge in [0.15, 0.2) is 0 Å². The largest absolute Gasteiger partial charge is 0.313 e. The Hall–Kier alpha value is -0.130. The number of sulfonamides is 1. The van der Waals surface area contributed by atoms with Crippen LogP contribution in [0.4, 0.5) is 0 Å². The van der Waals surface area contributed by atoms with E-state index in [0.29, 0.717) is 18.5 Å². The highest BCUT2D eigenvalue weighted by Gasteiger charge is 2.40. The predicted molar refractivity (Wildman–Crippen MR) is 64.8 cm³/mol. The van der Waals surface area contributed by atoms with E-state index in [1.54, 1.807) is 0 Å². The van der Waals surface area contributed by atoms with Crippen molar-refractivity contribution in [2.75, 3.05) is 12.3 Å². The van der Waals surface area contributed by atoms with E-state index in [9.17, 15) is 8.42 Å². The Kier molecular flexibility index (Phi) is 3.29. The maximum absolute atomic E-state index is 11.8. The van der Waals surface area contributed by atoms with E-state index < -0.39 is 10.0 Å². The van der Waals surface area contributed by atoms with Gasteiger partial charge in [0.2, 0.25) is 10.0 Å². The molecule has 2 aliphatic rings. The smallest absolute Gasteiger partial charge is 0.213 e. The monoisotopic (exact) mass is 246 g/mol. The minimum atomic E-state index is -3.12. The highest BCUT2D eigenvalue weighted by Crippen LogP contribution is 2.39. The van der Waals surface area contributed by atoms with Crippen molar-refractivity contribution in [2.45, 2.75) is 51.1 Å². The van der Waals surface area contributed by atoms with Crippen molar-refractivity contribution < 1.29 is 8.42 Å². The average molecular weight is 246 g/mol. The fourth-order valence-corrected chi connectivity index (χ4v) is 3.48. The van der Waals surface area contributed by atoms with E-state index >= 15 is 0 Å². The molecule has 0 aliphatic heterocycles. The van der Waals surface area contributed by atoms with E-state index in [-0.39, 0.29) is 11.3 Å². The molecule has 2 N–H and O–H groups in total. The van der Waals surface area contributed by atoms with Gasteiger partial charge in [0.05, 0.1) is 5.75 Å². The normalized spacial score (nSPS) is 22.4. The third-order valence-electron chi connectivity index (χ3n) is 3.40. The zero-order valence-corrected chi connectivity index (χ0v) is 10.9. The highest BCUT2D eigenvalue weighted by molar-refractivity contribution is 7.89. The first-order chi connectivity index (χ1) is 7.39. The van der Waals surface area contributed by atoms with Crippen LogP contribution in [0.2, 0.25) is 0 Å². The predicted octanol–water partition coefficient (Wildman–Crippen LogP) is 0.846. The molecule has 5 heteroatoms. The van der Waals surface area contributed by atoms with Gasteiger partial charge < -0.3 is 5.32 Å². The number of hydrogen-bond acceptors (Lipinski definition) is 3. The van der Waals surface area contributed by atoms with Gasteiger partial charge in [-0.2, -0.15) is 0 Å². The van der Waals surface area contributed by atoms with Crippen LogP contribution in [0, 0.1) is 5.92 Å². The molecule has 94 valence electrons. The van der Waals surface area contributed by atoms with Gasteiger partial charge in [-0.25, -0.2) is 13.1 Å². The summed E-state index contributed by atoms with van der Waals surface area (Å²) in [5.74, 6) is 0.721. The van der Waals surface area contributed by atoms with Crippen LogP contribution in [0.15, 0.2) is 0 Å². The fourth-order valence-electron chi connectivity index (χ4n) is 2.03. The summed E-state index contributed by atoms with van der Waals surface area (Å²) in [6, 6.07) is 0.576. The van der Waals surface area contributed by atoms with Crippen molar-refractivity contribution in [1.29, 1.82) is 0 Å². The summed E-state index contributed by atoms with van der Waals surface area (Å²) in [5, 5.41) is 3.22. The highest BCUT2D eigenvalue weighted by atomic mass is 32.2. The van der Waals surface area contributed by atoms with Crippen molar-refractivity contribution in [1.82, 2.24) is 10.0 Å². The van der Waals surface area contributed by atoms with E-state index in [4.69, 9.17) is 0 Å². The van der Waals surface area contributed by atoms with Crippen molar-refractivity contribution in [3.05, 3.63) is 0 Å². The Balaban J connectivity index is 1.76. The molecule has 0 saturated heterocycles. The van der Waals surface area contributed by atoms with E-state index in [1.807, 2.05) is 13.8 Å². The molecular weight excluding hydrogens is 224 g/mol. The third kappa shape index (κ3) is 3.71. The molecule has 0 unspecified atom stereocenters. The molecule has 16 heavy (non-hydrogen) atoms. The molecule has 4 nitrogen and oxygen atoms in total. The summed E-state index contributed by atoms with van der Waals surface area (Å²) in [6.07, 6.45) is 4.69. The maximum atomic E-state index is 11.8. The molecule has 0 aromatic heterocycles. The van der Waals surface area contributed by atoms with Crippen molar-refractivity contribution in [3.63, 3.8) is 0 Å². The average Bonchev–Trinajstić information content (AvgIpc) is 2.98. The first kappa shape index (κ1) is 12.3. The van der Waals surface area contributed by atoms with Gasteiger partial charge in [0.25, 0.3) is 0 Å². The summed E-state index contributed by atoms with van der Waals surface area (Å²) < 4.78 is 26.5. The minimum absolute atomic E-state index is 0.194. The van der Waals surface area contributed by atoms with Crippen molar-refractivity contribution >= 4 is 10.0 Å². The minimum Gasteiger partial charge on any atom is -0.313 e. The van der Waals surface area contributed by atoms with Gasteiger partial charge in [0, 0.05) is 18.1 Å². The lowest BCUT2D eigenvalue weighted by atomic mass is 10.0. The van der Waals surface area contributed by atoms with Gasteiger partial charge in [0.1, 0.15) is 0 Å². The first-order valence-electron chi connectivity index (χ1n) is 6.14. The molecule has 2 aliphatic carbocycles. The molecule has 0 atom stereocenters. The Morgan fingerprint density at radius 1 is 1.19 bits per heavy atom. The summed E-state index contributed by atoms with van der Waals surface area (Å²) in [6.45, 7) is 4.54. The number of hydrogen-bond donors (Lipinski definition) is 2. The summed E-state index contributed by atoms with van der Waals surface area (Å²) >= 11 is 0. The Bertz CT molecular complexity index is 343. The summed E-state index contributed by atoms with van der Waals surface area (Å²) in [5.41, 5.74) is -0.265. The van der Waals surface area contributed by atoms with Gasteiger partial charge in [-0.3, -0.25) is 0 Å². The number of nitrogens with one attached hydrogen (secondary N) is 2. The van der Waals surface area contributed by atoms with Gasteiger partial charge >= 0.3 is 0 Å². The van der Waals surface area contributed by atoms with Gasteiger partial charge in [-0.15, -0.1) is 0 Å². The second-order valence-electron chi connectivity index (χ2n) is 5.65. The van der Waals surface area contributed by atoms with Crippen LogP contribution in [0.3, 0.4) is 0 Å². The van der Waals surface area contributed by atoms with Crippen LogP contribution >= 0.6 is 0 Å². The molecular formula is C11H22N2O2S. The van der Waals surface area contributed by atoms with Crippen molar-refractivity contribution in [3.8, 4) is 0 Å². The third-order valence-corrected chi connectivity index (χ3v) is 4.98. The van der Waals surface area contributed by atoms with Gasteiger partial charge in [-0.05, 0) is 45.4 Å².